The van der Waals surface area contributed by atoms with Crippen molar-refractivity contribution in [2.24, 2.45) is 0 Å². The summed E-state index contributed by atoms with van der Waals surface area (Å²) in [6, 6.07) is 1.68. The third-order valence-corrected chi connectivity index (χ3v) is 2.37. The summed E-state index contributed by atoms with van der Waals surface area (Å²) in [7, 11) is 1.72. The summed E-state index contributed by atoms with van der Waals surface area (Å²) in [5.74, 6) is 0.150. The lowest BCUT2D eigenvalue weighted by Crippen LogP contribution is -2.27. The van der Waals surface area contributed by atoms with Crippen molar-refractivity contribution >= 4 is 27.7 Å². The maximum absolute atomic E-state index is 11.7. The van der Waals surface area contributed by atoms with Crippen molar-refractivity contribution in [3.8, 4) is 0 Å². The number of hydrogen-bond donors (Lipinski definition) is 1. The van der Waals surface area contributed by atoms with Crippen LogP contribution in [0.2, 0.25) is 0 Å². The Morgan fingerprint density at radius 3 is 2.93 bits per heavy atom. The zero-order valence-corrected chi connectivity index (χ0v) is 9.71. The molecule has 1 aromatic heterocycles. The van der Waals surface area contributed by atoms with Crippen molar-refractivity contribution in [1.82, 2.24) is 9.88 Å². The van der Waals surface area contributed by atoms with Gasteiger partial charge in [0.1, 0.15) is 5.82 Å². The second kappa shape index (κ2) is 4.41. The van der Waals surface area contributed by atoms with Gasteiger partial charge in [-0.3, -0.25) is 4.79 Å². The highest BCUT2D eigenvalue weighted by Crippen LogP contribution is 2.16. The first-order valence-corrected chi connectivity index (χ1v) is 5.02. The molecule has 0 aliphatic carbocycles. The molecule has 0 saturated carbocycles. The fourth-order valence-corrected chi connectivity index (χ4v) is 1.30. The van der Waals surface area contributed by atoms with E-state index < -0.39 is 0 Å². The van der Waals surface area contributed by atoms with Crippen LogP contribution >= 0.6 is 15.9 Å². The van der Waals surface area contributed by atoms with Gasteiger partial charge in [0.15, 0.2) is 0 Å². The van der Waals surface area contributed by atoms with Crippen LogP contribution in [-0.2, 0) is 0 Å². The summed E-state index contributed by atoms with van der Waals surface area (Å²) in [4.78, 5) is 17.2. The van der Waals surface area contributed by atoms with Gasteiger partial charge in [0, 0.05) is 24.3 Å². The first-order valence-electron chi connectivity index (χ1n) is 4.22. The van der Waals surface area contributed by atoms with Crippen molar-refractivity contribution in [3.05, 3.63) is 22.3 Å². The minimum Gasteiger partial charge on any atom is -0.383 e. The number of nitrogens with zero attached hydrogens (tertiary/aromatic N) is 2. The molecule has 1 aromatic rings. The fourth-order valence-electron chi connectivity index (χ4n) is 0.970. The smallest absolute Gasteiger partial charge is 0.257 e. The van der Waals surface area contributed by atoms with E-state index in [0.29, 0.717) is 12.1 Å². The van der Waals surface area contributed by atoms with E-state index in [1.165, 1.54) is 0 Å². The number of aromatic nitrogens is 1. The molecule has 0 unspecified atom stereocenters. The third kappa shape index (κ3) is 2.23. The number of hydrogen-bond acceptors (Lipinski definition) is 3. The Balaban J connectivity index is 3.06. The molecule has 5 heteroatoms. The van der Waals surface area contributed by atoms with Gasteiger partial charge in [0.2, 0.25) is 0 Å². The van der Waals surface area contributed by atoms with Crippen molar-refractivity contribution in [1.29, 1.82) is 0 Å². The monoisotopic (exact) mass is 257 g/mol. The lowest BCUT2D eigenvalue weighted by Gasteiger charge is -2.15. The Bertz CT molecular complexity index is 354. The lowest BCUT2D eigenvalue weighted by molar-refractivity contribution is 0.0803. The normalized spacial score (nSPS) is 9.93. The van der Waals surface area contributed by atoms with Gasteiger partial charge in [-0.1, -0.05) is 0 Å². The number of anilines is 1. The Hall–Kier alpha value is -1.10. The summed E-state index contributed by atoms with van der Waals surface area (Å²) in [5, 5.41) is 0. The molecule has 1 heterocycles. The zero-order chi connectivity index (χ0) is 10.7. The molecule has 0 aliphatic rings. The molecule has 4 nitrogen and oxygen atoms in total. The van der Waals surface area contributed by atoms with E-state index in [0.717, 1.165) is 4.47 Å². The molecule has 76 valence electrons. The first-order chi connectivity index (χ1) is 6.56. The minimum absolute atomic E-state index is 0.112. The van der Waals surface area contributed by atoms with Crippen LogP contribution in [0.5, 0.6) is 0 Å². The van der Waals surface area contributed by atoms with E-state index in [-0.39, 0.29) is 11.7 Å². The van der Waals surface area contributed by atoms with Crippen LogP contribution in [0, 0.1) is 0 Å². The van der Waals surface area contributed by atoms with Crippen molar-refractivity contribution in [2.75, 3.05) is 19.3 Å². The molecule has 0 aliphatic heterocycles. The highest BCUT2D eigenvalue weighted by Gasteiger charge is 2.14. The fraction of sp³-hybridized carbons (Fsp3) is 0.333. The highest BCUT2D eigenvalue weighted by atomic mass is 79.9. The van der Waals surface area contributed by atoms with Gasteiger partial charge in [-0.15, -0.1) is 0 Å². The molecule has 0 aromatic carbocycles. The van der Waals surface area contributed by atoms with Crippen LogP contribution in [-0.4, -0.2) is 29.4 Å². The van der Waals surface area contributed by atoms with Crippen LogP contribution < -0.4 is 5.73 Å². The van der Waals surface area contributed by atoms with Crippen molar-refractivity contribution in [2.45, 2.75) is 6.92 Å². The number of nitrogens with two attached hydrogens (primary N) is 1. The van der Waals surface area contributed by atoms with E-state index in [1.54, 1.807) is 24.2 Å². The van der Waals surface area contributed by atoms with E-state index in [2.05, 4.69) is 20.9 Å². The molecule has 1 amide bonds. The summed E-state index contributed by atoms with van der Waals surface area (Å²) in [6.45, 7) is 2.55. The molecule has 0 radical (unpaired) electrons. The van der Waals surface area contributed by atoms with E-state index in [1.807, 2.05) is 6.92 Å². The Kier molecular flexibility index (Phi) is 3.46. The van der Waals surface area contributed by atoms with Gasteiger partial charge < -0.3 is 10.6 Å². The summed E-state index contributed by atoms with van der Waals surface area (Å²) in [5.41, 5.74) is 6.04. The molecular formula is C9H12BrN3O. The highest BCUT2D eigenvalue weighted by molar-refractivity contribution is 9.10. The van der Waals surface area contributed by atoms with Gasteiger partial charge in [0.25, 0.3) is 5.91 Å². The van der Waals surface area contributed by atoms with Gasteiger partial charge in [-0.2, -0.15) is 0 Å². The number of carbonyl (C=O) groups is 1. The van der Waals surface area contributed by atoms with Crippen LogP contribution in [0.15, 0.2) is 16.7 Å². The number of rotatable bonds is 2. The molecule has 0 atom stereocenters. The number of carbonyl (C=O) groups excluding carboxylic acids is 1. The molecule has 2 N–H and O–H groups in total. The van der Waals surface area contributed by atoms with Crippen molar-refractivity contribution < 1.29 is 4.79 Å². The van der Waals surface area contributed by atoms with E-state index in [9.17, 15) is 4.79 Å². The summed E-state index contributed by atoms with van der Waals surface area (Å²) in [6.07, 6.45) is 1.57. The second-order valence-corrected chi connectivity index (χ2v) is 3.82. The summed E-state index contributed by atoms with van der Waals surface area (Å²) >= 11 is 3.25. The third-order valence-electron chi connectivity index (χ3n) is 1.94. The Morgan fingerprint density at radius 2 is 2.36 bits per heavy atom. The SMILES string of the molecule is CCN(C)C(=O)c1cc(Br)cnc1N. The molecule has 14 heavy (non-hydrogen) atoms. The minimum atomic E-state index is -0.112. The quantitative estimate of drug-likeness (QED) is 0.874. The number of nitrogen functional groups attached to an aromatic ring is 1. The lowest BCUT2D eigenvalue weighted by atomic mass is 10.2. The average molecular weight is 258 g/mol. The molecule has 0 saturated heterocycles. The summed E-state index contributed by atoms with van der Waals surface area (Å²) < 4.78 is 0.750. The first kappa shape index (κ1) is 11.0. The van der Waals surface area contributed by atoms with Gasteiger partial charge >= 0.3 is 0 Å². The maximum atomic E-state index is 11.7. The second-order valence-electron chi connectivity index (χ2n) is 2.91. The number of amides is 1. The molecule has 1 rings (SSSR count). The van der Waals surface area contributed by atoms with Gasteiger partial charge in [-0.05, 0) is 28.9 Å². The largest absolute Gasteiger partial charge is 0.383 e. The van der Waals surface area contributed by atoms with Crippen LogP contribution in [0.4, 0.5) is 5.82 Å². The predicted octanol–water partition coefficient (Wildman–Crippen LogP) is 1.52. The Labute approximate surface area is 91.2 Å². The van der Waals surface area contributed by atoms with Crippen LogP contribution in [0.3, 0.4) is 0 Å². The van der Waals surface area contributed by atoms with E-state index >= 15 is 0 Å². The molecule has 0 fully saturated rings. The topological polar surface area (TPSA) is 59.2 Å². The Morgan fingerprint density at radius 1 is 1.71 bits per heavy atom. The standard InChI is InChI=1S/C9H12BrN3O/c1-3-13(2)9(14)7-4-6(10)5-12-8(7)11/h4-5H,3H2,1-2H3,(H2,11,12). The molecule has 0 bridgehead atoms. The van der Waals surface area contributed by atoms with E-state index in [4.69, 9.17) is 5.73 Å². The predicted molar refractivity (Wildman–Crippen MR) is 59.0 cm³/mol. The van der Waals surface area contributed by atoms with Gasteiger partial charge in [-0.25, -0.2) is 4.98 Å². The molecule has 0 spiro atoms. The maximum Gasteiger partial charge on any atom is 0.257 e. The zero-order valence-electron chi connectivity index (χ0n) is 8.12. The average Bonchev–Trinajstić information content (AvgIpc) is 2.19. The number of halogens is 1. The number of pyridine rings is 1. The van der Waals surface area contributed by atoms with Crippen LogP contribution in [0.1, 0.15) is 17.3 Å². The van der Waals surface area contributed by atoms with Crippen molar-refractivity contribution in [3.63, 3.8) is 0 Å². The van der Waals surface area contributed by atoms with Gasteiger partial charge in [0.05, 0.1) is 5.56 Å². The molecular weight excluding hydrogens is 246 g/mol. The van der Waals surface area contributed by atoms with Crippen LogP contribution in [0.25, 0.3) is 0 Å².